The Bertz CT molecular complexity index is 669. The summed E-state index contributed by atoms with van der Waals surface area (Å²) in [4.78, 5) is 11.7. The molecule has 0 fully saturated rings. The molecule has 0 bridgehead atoms. The van der Waals surface area contributed by atoms with E-state index in [1.807, 2.05) is 0 Å². The van der Waals surface area contributed by atoms with Crippen LogP contribution in [0.4, 0.5) is 27.6 Å². The minimum Gasteiger partial charge on any atom is -0.316 e. The van der Waals surface area contributed by atoms with Gasteiger partial charge in [0, 0.05) is 13.2 Å². The average Bonchev–Trinajstić information content (AvgIpc) is 2.85. The lowest BCUT2D eigenvalue weighted by molar-refractivity contribution is 0.101. The van der Waals surface area contributed by atoms with Gasteiger partial charge in [0.15, 0.2) is 23.3 Å². The highest BCUT2D eigenvalue weighted by Crippen LogP contribution is 2.27. The average molecular weight is 291 g/mol. The molecule has 0 unspecified atom stereocenters. The zero-order valence-electron chi connectivity index (χ0n) is 9.85. The van der Waals surface area contributed by atoms with Crippen LogP contribution in [0.1, 0.15) is 10.5 Å². The van der Waals surface area contributed by atoms with Crippen molar-refractivity contribution >= 4 is 11.6 Å². The number of hydrogen-bond acceptors (Lipinski definition) is 2. The van der Waals surface area contributed by atoms with Crippen LogP contribution in [0.15, 0.2) is 12.3 Å². The Balaban J connectivity index is 2.45. The number of aromatic nitrogens is 2. The van der Waals surface area contributed by atoms with Crippen molar-refractivity contribution in [2.24, 2.45) is 7.05 Å². The molecule has 0 saturated heterocycles. The first kappa shape index (κ1) is 14.0. The van der Waals surface area contributed by atoms with Crippen molar-refractivity contribution in [3.63, 3.8) is 0 Å². The van der Waals surface area contributed by atoms with Gasteiger partial charge in [0.1, 0.15) is 11.4 Å². The van der Waals surface area contributed by atoms with Crippen LogP contribution in [0.3, 0.4) is 0 Å². The van der Waals surface area contributed by atoms with E-state index >= 15 is 0 Å². The molecular formula is C11H6F5N3O. The predicted molar refractivity (Wildman–Crippen MR) is 57.4 cm³/mol. The third-order valence-electron chi connectivity index (χ3n) is 2.50. The minimum absolute atomic E-state index is 0.117. The Morgan fingerprint density at radius 1 is 1.05 bits per heavy atom. The number of rotatable bonds is 2. The van der Waals surface area contributed by atoms with Gasteiger partial charge < -0.3 is 5.32 Å². The van der Waals surface area contributed by atoms with Crippen molar-refractivity contribution in [3.8, 4) is 0 Å². The molecule has 0 aliphatic heterocycles. The Morgan fingerprint density at radius 2 is 1.55 bits per heavy atom. The van der Waals surface area contributed by atoms with Gasteiger partial charge in [0.25, 0.3) is 5.91 Å². The third-order valence-corrected chi connectivity index (χ3v) is 2.50. The molecule has 2 aromatic rings. The molecule has 0 radical (unpaired) electrons. The van der Waals surface area contributed by atoms with Crippen LogP contribution in [0.2, 0.25) is 0 Å². The maximum Gasteiger partial charge on any atom is 0.274 e. The summed E-state index contributed by atoms with van der Waals surface area (Å²) in [7, 11) is 1.37. The summed E-state index contributed by atoms with van der Waals surface area (Å²) in [6.45, 7) is 0. The topological polar surface area (TPSA) is 46.9 Å². The molecule has 9 heteroatoms. The summed E-state index contributed by atoms with van der Waals surface area (Å²) in [5, 5.41) is 5.27. The molecule has 2 rings (SSSR count). The van der Waals surface area contributed by atoms with E-state index in [0.717, 1.165) is 4.68 Å². The first-order chi connectivity index (χ1) is 9.34. The standard InChI is InChI=1S/C11H6F5N3O/c1-19-4(2-3-17-19)11(20)18-10-8(15)6(13)5(12)7(14)9(10)16/h2-3H,1H3,(H,18,20). The van der Waals surface area contributed by atoms with Crippen LogP contribution >= 0.6 is 0 Å². The van der Waals surface area contributed by atoms with Gasteiger partial charge in [-0.2, -0.15) is 5.10 Å². The highest BCUT2D eigenvalue weighted by molar-refractivity contribution is 6.03. The summed E-state index contributed by atoms with van der Waals surface area (Å²) in [5.41, 5.74) is -1.53. The summed E-state index contributed by atoms with van der Waals surface area (Å²) in [6, 6.07) is 1.21. The van der Waals surface area contributed by atoms with Crippen LogP contribution in [0, 0.1) is 29.1 Å². The summed E-state index contributed by atoms with van der Waals surface area (Å²) in [6.07, 6.45) is 1.23. The highest BCUT2D eigenvalue weighted by Gasteiger charge is 2.27. The Morgan fingerprint density at radius 3 is 2.00 bits per heavy atom. The molecule has 4 nitrogen and oxygen atoms in total. The van der Waals surface area contributed by atoms with Gasteiger partial charge in [0.05, 0.1) is 0 Å². The quantitative estimate of drug-likeness (QED) is 0.524. The SMILES string of the molecule is Cn1nccc1C(=O)Nc1c(F)c(F)c(F)c(F)c1F. The molecule has 0 aliphatic rings. The summed E-state index contributed by atoms with van der Waals surface area (Å²) >= 11 is 0. The number of benzene rings is 1. The van der Waals surface area contributed by atoms with Gasteiger partial charge in [-0.1, -0.05) is 0 Å². The van der Waals surface area contributed by atoms with E-state index in [0.29, 0.717) is 0 Å². The number of aryl methyl sites for hydroxylation is 1. The molecule has 1 N–H and O–H groups in total. The minimum atomic E-state index is -2.29. The monoisotopic (exact) mass is 291 g/mol. The predicted octanol–water partition coefficient (Wildman–Crippen LogP) is 2.37. The molecule has 0 atom stereocenters. The second-order valence-electron chi connectivity index (χ2n) is 3.74. The normalized spacial score (nSPS) is 10.7. The second kappa shape index (κ2) is 4.91. The molecular weight excluding hydrogens is 285 g/mol. The van der Waals surface area contributed by atoms with Gasteiger partial charge in [0.2, 0.25) is 5.82 Å². The number of nitrogens with one attached hydrogen (secondary N) is 1. The van der Waals surface area contributed by atoms with Crippen LogP contribution in [-0.2, 0) is 7.05 Å². The van der Waals surface area contributed by atoms with Gasteiger partial charge in [-0.05, 0) is 6.07 Å². The van der Waals surface area contributed by atoms with Crippen molar-refractivity contribution in [2.45, 2.75) is 0 Å². The molecule has 106 valence electrons. The molecule has 0 spiro atoms. The maximum absolute atomic E-state index is 13.3. The van der Waals surface area contributed by atoms with Crippen LogP contribution in [0.5, 0.6) is 0 Å². The van der Waals surface area contributed by atoms with Crippen molar-refractivity contribution in [2.75, 3.05) is 5.32 Å². The lowest BCUT2D eigenvalue weighted by Gasteiger charge is -2.09. The molecule has 0 saturated carbocycles. The fraction of sp³-hybridized carbons (Fsp3) is 0.0909. The van der Waals surface area contributed by atoms with Crippen LogP contribution in [0.25, 0.3) is 0 Å². The molecule has 1 aromatic heterocycles. The smallest absolute Gasteiger partial charge is 0.274 e. The number of halogens is 5. The van der Waals surface area contributed by atoms with E-state index in [1.54, 1.807) is 5.32 Å². The molecule has 1 aromatic carbocycles. The number of anilines is 1. The number of nitrogens with zero attached hydrogens (tertiary/aromatic N) is 2. The number of carbonyl (C=O) groups is 1. The number of hydrogen-bond donors (Lipinski definition) is 1. The Hall–Kier alpha value is -2.45. The van der Waals surface area contributed by atoms with E-state index < -0.39 is 40.7 Å². The fourth-order valence-electron chi connectivity index (χ4n) is 1.49. The maximum atomic E-state index is 13.3. The number of carbonyl (C=O) groups excluding carboxylic acids is 1. The van der Waals surface area contributed by atoms with Crippen molar-refractivity contribution in [1.29, 1.82) is 0 Å². The lowest BCUT2D eigenvalue weighted by atomic mass is 10.2. The lowest BCUT2D eigenvalue weighted by Crippen LogP contribution is -2.19. The van der Waals surface area contributed by atoms with Crippen LogP contribution < -0.4 is 5.32 Å². The van der Waals surface area contributed by atoms with E-state index in [4.69, 9.17) is 0 Å². The van der Waals surface area contributed by atoms with Crippen molar-refractivity contribution in [3.05, 3.63) is 47.0 Å². The fourth-order valence-corrected chi connectivity index (χ4v) is 1.49. The Labute approximate surface area is 108 Å². The molecule has 20 heavy (non-hydrogen) atoms. The van der Waals surface area contributed by atoms with E-state index in [9.17, 15) is 26.7 Å². The molecule has 0 aliphatic carbocycles. The molecule has 1 amide bonds. The van der Waals surface area contributed by atoms with E-state index in [1.165, 1.54) is 19.3 Å². The van der Waals surface area contributed by atoms with Gasteiger partial charge in [-0.25, -0.2) is 22.0 Å². The van der Waals surface area contributed by atoms with Crippen molar-refractivity contribution < 1.29 is 26.7 Å². The highest BCUT2D eigenvalue weighted by atomic mass is 19.2. The largest absolute Gasteiger partial charge is 0.316 e. The zero-order valence-corrected chi connectivity index (χ0v) is 9.85. The summed E-state index contributed by atoms with van der Waals surface area (Å²) in [5.74, 6) is -11.9. The van der Waals surface area contributed by atoms with Gasteiger partial charge >= 0.3 is 0 Å². The van der Waals surface area contributed by atoms with Gasteiger partial charge in [-0.15, -0.1) is 0 Å². The van der Waals surface area contributed by atoms with Gasteiger partial charge in [-0.3, -0.25) is 9.48 Å². The summed E-state index contributed by atoms with van der Waals surface area (Å²) < 4.78 is 66.5. The Kier molecular flexibility index (Phi) is 3.43. The zero-order chi connectivity index (χ0) is 15.0. The van der Waals surface area contributed by atoms with E-state index in [2.05, 4.69) is 5.10 Å². The van der Waals surface area contributed by atoms with Crippen molar-refractivity contribution in [1.82, 2.24) is 9.78 Å². The molecule has 1 heterocycles. The second-order valence-corrected chi connectivity index (χ2v) is 3.74. The first-order valence-corrected chi connectivity index (χ1v) is 5.15. The van der Waals surface area contributed by atoms with Crippen LogP contribution in [-0.4, -0.2) is 15.7 Å². The number of amides is 1. The third kappa shape index (κ3) is 2.10. The van der Waals surface area contributed by atoms with E-state index in [-0.39, 0.29) is 5.69 Å². The first-order valence-electron chi connectivity index (χ1n) is 5.15.